The molecule has 2 N–H and O–H groups in total. The molecule has 2 amide bonds. The molecule has 7 heteroatoms. The zero-order chi connectivity index (χ0) is 16.8. The van der Waals surface area contributed by atoms with E-state index in [0.29, 0.717) is 0 Å². The number of rotatable bonds is 2. The summed E-state index contributed by atoms with van der Waals surface area (Å²) in [5.41, 5.74) is 4.24. The van der Waals surface area contributed by atoms with E-state index in [1.807, 2.05) is 0 Å². The predicted molar refractivity (Wildman–Crippen MR) is 77.3 cm³/mol. The van der Waals surface area contributed by atoms with Crippen molar-refractivity contribution in [3.05, 3.63) is 30.1 Å². The van der Waals surface area contributed by atoms with E-state index in [-0.39, 0.29) is 31.4 Å². The van der Waals surface area contributed by atoms with Crippen LogP contribution in [0.2, 0.25) is 0 Å². The van der Waals surface area contributed by atoms with Crippen molar-refractivity contribution in [1.29, 1.82) is 0 Å². The van der Waals surface area contributed by atoms with Crippen LogP contribution < -0.4 is 10.6 Å². The summed E-state index contributed by atoms with van der Waals surface area (Å²) in [5.74, 6) is -4.85. The molecule has 3 rings (SSSR count). The van der Waals surface area contributed by atoms with Crippen LogP contribution in [0.1, 0.15) is 32.1 Å². The fourth-order valence-electron chi connectivity index (χ4n) is 3.81. The number of anilines is 1. The number of benzene rings is 1. The summed E-state index contributed by atoms with van der Waals surface area (Å²) in [7, 11) is 0. The van der Waals surface area contributed by atoms with Gasteiger partial charge in [0.2, 0.25) is 17.7 Å². The lowest BCUT2D eigenvalue weighted by molar-refractivity contribution is -0.138. The van der Waals surface area contributed by atoms with E-state index in [0.717, 1.165) is 11.0 Å². The molecule has 1 aliphatic heterocycles. The highest BCUT2D eigenvalue weighted by Crippen LogP contribution is 2.52. The normalized spacial score (nSPS) is 30.0. The van der Waals surface area contributed by atoms with Crippen molar-refractivity contribution in [3.8, 4) is 0 Å². The van der Waals surface area contributed by atoms with Crippen LogP contribution in [0.4, 0.5) is 18.9 Å². The first kappa shape index (κ1) is 15.8. The lowest BCUT2D eigenvalue weighted by Gasteiger charge is -2.36. The second-order valence-electron chi connectivity index (χ2n) is 6.44. The molecule has 23 heavy (non-hydrogen) atoms. The van der Waals surface area contributed by atoms with Crippen molar-refractivity contribution in [3.63, 3.8) is 0 Å². The Hall–Kier alpha value is -2.05. The second kappa shape index (κ2) is 5.25. The standard InChI is InChI=1S/C16H17F3N2O2/c17-10-3-1-4-11(7-10)21-12(13(20)22)8-15(14(21)23)5-2-6-16(18,19)9-15/h1,3-4,7,12H,2,5-6,8-9H2,(H2,20,22)/t12?,15-/m1/s1. The van der Waals surface area contributed by atoms with E-state index in [9.17, 15) is 22.8 Å². The van der Waals surface area contributed by atoms with Gasteiger partial charge in [0.15, 0.2) is 0 Å². The molecule has 2 fully saturated rings. The largest absolute Gasteiger partial charge is 0.368 e. The van der Waals surface area contributed by atoms with Crippen molar-refractivity contribution in [1.82, 2.24) is 0 Å². The molecule has 2 aliphatic rings. The number of carbonyl (C=O) groups excluding carboxylic acids is 2. The van der Waals surface area contributed by atoms with Crippen LogP contribution in [0.15, 0.2) is 24.3 Å². The molecule has 1 spiro atoms. The van der Waals surface area contributed by atoms with Gasteiger partial charge in [-0.25, -0.2) is 13.2 Å². The third-order valence-corrected chi connectivity index (χ3v) is 4.78. The van der Waals surface area contributed by atoms with E-state index in [4.69, 9.17) is 5.73 Å². The van der Waals surface area contributed by atoms with Gasteiger partial charge in [-0.3, -0.25) is 14.5 Å². The smallest absolute Gasteiger partial charge is 0.249 e. The van der Waals surface area contributed by atoms with Gasteiger partial charge in [-0.05, 0) is 37.5 Å². The number of nitrogens with zero attached hydrogens (tertiary/aromatic N) is 1. The second-order valence-corrected chi connectivity index (χ2v) is 6.44. The average molecular weight is 326 g/mol. The molecule has 2 atom stereocenters. The Kier molecular flexibility index (Phi) is 3.61. The minimum absolute atomic E-state index is 0.0483. The van der Waals surface area contributed by atoms with Crippen molar-refractivity contribution in [2.75, 3.05) is 4.90 Å². The SMILES string of the molecule is NC(=O)C1C[C@@]2(CCCC(F)(F)C2)C(=O)N1c1cccc(F)c1. The monoisotopic (exact) mass is 326 g/mol. The summed E-state index contributed by atoms with van der Waals surface area (Å²) in [4.78, 5) is 25.7. The summed E-state index contributed by atoms with van der Waals surface area (Å²) in [6, 6.07) is 4.15. The van der Waals surface area contributed by atoms with E-state index >= 15 is 0 Å². The topological polar surface area (TPSA) is 63.4 Å². The van der Waals surface area contributed by atoms with Crippen LogP contribution in [0.3, 0.4) is 0 Å². The third-order valence-electron chi connectivity index (χ3n) is 4.78. The minimum atomic E-state index is -2.94. The van der Waals surface area contributed by atoms with Crippen LogP contribution in [0, 0.1) is 11.2 Å². The molecule has 4 nitrogen and oxygen atoms in total. The molecular weight excluding hydrogens is 309 g/mol. The van der Waals surface area contributed by atoms with Crippen LogP contribution in [0.25, 0.3) is 0 Å². The molecular formula is C16H17F3N2O2. The number of halogens is 3. The molecule has 1 saturated carbocycles. The fourth-order valence-corrected chi connectivity index (χ4v) is 3.81. The molecule has 1 aliphatic carbocycles. The number of amides is 2. The summed E-state index contributed by atoms with van der Waals surface area (Å²) >= 11 is 0. The molecule has 0 radical (unpaired) electrons. The first-order valence-electron chi connectivity index (χ1n) is 7.51. The van der Waals surface area contributed by atoms with Crippen LogP contribution >= 0.6 is 0 Å². The van der Waals surface area contributed by atoms with Crippen molar-refractivity contribution < 1.29 is 22.8 Å². The summed E-state index contributed by atoms with van der Waals surface area (Å²) < 4.78 is 41.2. The van der Waals surface area contributed by atoms with Gasteiger partial charge in [-0.1, -0.05) is 6.07 Å². The maximum Gasteiger partial charge on any atom is 0.249 e. The van der Waals surface area contributed by atoms with Gasteiger partial charge in [0.05, 0.1) is 5.41 Å². The van der Waals surface area contributed by atoms with E-state index in [1.54, 1.807) is 0 Å². The Bertz CT molecular complexity index is 664. The summed E-state index contributed by atoms with van der Waals surface area (Å²) in [6.07, 6.45) is -0.400. The number of nitrogens with two attached hydrogens (primary N) is 1. The number of primary amides is 1. The van der Waals surface area contributed by atoms with Gasteiger partial charge >= 0.3 is 0 Å². The molecule has 1 aromatic rings. The lowest BCUT2D eigenvalue weighted by Crippen LogP contribution is -2.44. The molecule has 1 unspecified atom stereocenters. The summed E-state index contributed by atoms with van der Waals surface area (Å²) in [6.45, 7) is 0. The molecule has 1 heterocycles. The molecule has 0 aromatic heterocycles. The van der Waals surface area contributed by atoms with Gasteiger partial charge in [0.25, 0.3) is 0 Å². The summed E-state index contributed by atoms with van der Waals surface area (Å²) in [5, 5.41) is 0. The zero-order valence-electron chi connectivity index (χ0n) is 12.4. The van der Waals surface area contributed by atoms with Crippen LogP contribution in [0.5, 0.6) is 0 Å². The van der Waals surface area contributed by atoms with Gasteiger partial charge in [-0.15, -0.1) is 0 Å². The minimum Gasteiger partial charge on any atom is -0.368 e. The fraction of sp³-hybridized carbons (Fsp3) is 0.500. The van der Waals surface area contributed by atoms with Gasteiger partial charge in [0.1, 0.15) is 11.9 Å². The Labute approximate surface area is 131 Å². The number of alkyl halides is 2. The lowest BCUT2D eigenvalue weighted by atomic mass is 9.70. The Morgan fingerprint density at radius 1 is 1.30 bits per heavy atom. The zero-order valence-corrected chi connectivity index (χ0v) is 12.4. The van der Waals surface area contributed by atoms with Crippen molar-refractivity contribution in [2.45, 2.75) is 44.1 Å². The van der Waals surface area contributed by atoms with Crippen LogP contribution in [-0.4, -0.2) is 23.8 Å². The average Bonchev–Trinajstić information content (AvgIpc) is 2.71. The molecule has 1 aromatic carbocycles. The maximum absolute atomic E-state index is 13.8. The quantitative estimate of drug-likeness (QED) is 0.908. The number of hydrogen-bond acceptors (Lipinski definition) is 2. The van der Waals surface area contributed by atoms with E-state index in [2.05, 4.69) is 0 Å². The number of carbonyl (C=O) groups is 2. The van der Waals surface area contributed by atoms with Crippen LogP contribution in [-0.2, 0) is 9.59 Å². The predicted octanol–water partition coefficient (Wildman–Crippen LogP) is 2.61. The van der Waals surface area contributed by atoms with Crippen molar-refractivity contribution in [2.24, 2.45) is 11.1 Å². The van der Waals surface area contributed by atoms with Gasteiger partial charge < -0.3 is 5.73 Å². The van der Waals surface area contributed by atoms with Gasteiger partial charge in [-0.2, -0.15) is 0 Å². The maximum atomic E-state index is 13.8. The highest BCUT2D eigenvalue weighted by atomic mass is 19.3. The molecule has 0 bridgehead atoms. The first-order chi connectivity index (χ1) is 10.7. The highest BCUT2D eigenvalue weighted by Gasteiger charge is 2.59. The Morgan fingerprint density at radius 3 is 2.65 bits per heavy atom. The van der Waals surface area contributed by atoms with E-state index < -0.39 is 41.4 Å². The Balaban J connectivity index is 2.02. The first-order valence-corrected chi connectivity index (χ1v) is 7.51. The van der Waals surface area contributed by atoms with Gasteiger partial charge in [0, 0.05) is 18.5 Å². The van der Waals surface area contributed by atoms with E-state index in [1.165, 1.54) is 18.2 Å². The Morgan fingerprint density at radius 2 is 2.04 bits per heavy atom. The highest BCUT2D eigenvalue weighted by molar-refractivity contribution is 6.06. The van der Waals surface area contributed by atoms with Crippen molar-refractivity contribution >= 4 is 17.5 Å². The third kappa shape index (κ3) is 2.68. The molecule has 124 valence electrons. The number of hydrogen-bond donors (Lipinski definition) is 1. The molecule has 1 saturated heterocycles.